The van der Waals surface area contributed by atoms with Crippen molar-refractivity contribution < 1.29 is 9.53 Å². The van der Waals surface area contributed by atoms with Gasteiger partial charge in [0.15, 0.2) is 12.3 Å². The Morgan fingerprint density at radius 3 is 2.50 bits per heavy atom. The zero-order valence-electron chi connectivity index (χ0n) is 15.3. The quantitative estimate of drug-likeness (QED) is 0.541. The van der Waals surface area contributed by atoms with Gasteiger partial charge in [-0.05, 0) is 29.8 Å². The number of rotatable bonds is 7. The fourth-order valence-electron chi connectivity index (χ4n) is 2.97. The van der Waals surface area contributed by atoms with Crippen LogP contribution in [-0.4, -0.2) is 27.0 Å². The summed E-state index contributed by atoms with van der Waals surface area (Å²) in [6.45, 7) is 0.904. The molecule has 4 rings (SSSR count). The molecule has 2 heterocycles. The number of nitrogens with zero attached hydrogens (tertiary/aromatic N) is 3. The van der Waals surface area contributed by atoms with Crippen molar-refractivity contribution in [2.75, 3.05) is 6.61 Å². The van der Waals surface area contributed by atoms with Crippen LogP contribution in [0.5, 0.6) is 5.75 Å². The van der Waals surface area contributed by atoms with Crippen LogP contribution >= 0.6 is 0 Å². The molecule has 2 aromatic heterocycles. The first-order valence-electron chi connectivity index (χ1n) is 9.08. The molecule has 0 radical (unpaired) electrons. The van der Waals surface area contributed by atoms with Gasteiger partial charge in [-0.25, -0.2) is 9.97 Å². The Labute approximate surface area is 162 Å². The zero-order chi connectivity index (χ0) is 19.2. The minimum Gasteiger partial charge on any atom is -0.484 e. The number of carbonyl (C=O) groups is 1. The Balaban J connectivity index is 1.47. The maximum absolute atomic E-state index is 12.2. The summed E-state index contributed by atoms with van der Waals surface area (Å²) in [5, 5.41) is 2.88. The summed E-state index contributed by atoms with van der Waals surface area (Å²) in [6, 6.07) is 23.2. The van der Waals surface area contributed by atoms with Crippen molar-refractivity contribution in [1.82, 2.24) is 19.9 Å². The molecule has 0 unspecified atom stereocenters. The van der Waals surface area contributed by atoms with E-state index in [2.05, 4.69) is 27.4 Å². The van der Waals surface area contributed by atoms with Crippen molar-refractivity contribution in [3.05, 3.63) is 90.4 Å². The normalized spacial score (nSPS) is 10.7. The molecular formula is C22H20N4O2. The van der Waals surface area contributed by atoms with Gasteiger partial charge in [0.05, 0.1) is 13.1 Å². The molecule has 1 amide bonds. The van der Waals surface area contributed by atoms with E-state index < -0.39 is 0 Å². The fraction of sp³-hybridized carbons (Fsp3) is 0.136. The minimum absolute atomic E-state index is 0.0405. The molecule has 0 saturated carbocycles. The highest BCUT2D eigenvalue weighted by Gasteiger charge is 2.13. The standard InChI is InChI=1S/C22H20N4O2/c27-21(16-28-18-10-5-2-6-11-18)24-14-20-25-19-12-7-13-23-22(19)26(20)15-17-8-3-1-4-9-17/h1-13H,14-16H2,(H,24,27). The Hall–Kier alpha value is -3.67. The van der Waals surface area contributed by atoms with Crippen LogP contribution in [0.25, 0.3) is 11.2 Å². The summed E-state index contributed by atoms with van der Waals surface area (Å²) in [7, 11) is 0. The number of hydrogen-bond acceptors (Lipinski definition) is 4. The third-order valence-electron chi connectivity index (χ3n) is 4.32. The van der Waals surface area contributed by atoms with E-state index in [0.717, 1.165) is 22.6 Å². The van der Waals surface area contributed by atoms with Gasteiger partial charge in [0, 0.05) is 6.20 Å². The Morgan fingerprint density at radius 2 is 1.71 bits per heavy atom. The smallest absolute Gasteiger partial charge is 0.258 e. The maximum Gasteiger partial charge on any atom is 0.258 e. The van der Waals surface area contributed by atoms with Crippen molar-refractivity contribution >= 4 is 17.1 Å². The molecule has 0 spiro atoms. The predicted octanol–water partition coefficient (Wildman–Crippen LogP) is 3.17. The average Bonchev–Trinajstić information content (AvgIpc) is 3.10. The van der Waals surface area contributed by atoms with Gasteiger partial charge in [-0.2, -0.15) is 0 Å². The highest BCUT2D eigenvalue weighted by molar-refractivity contribution is 5.77. The van der Waals surface area contributed by atoms with Crippen LogP contribution < -0.4 is 10.1 Å². The van der Waals surface area contributed by atoms with Gasteiger partial charge in [0.2, 0.25) is 0 Å². The monoisotopic (exact) mass is 372 g/mol. The number of aromatic nitrogens is 3. The number of pyridine rings is 1. The van der Waals surface area contributed by atoms with E-state index in [1.54, 1.807) is 6.20 Å². The number of nitrogens with one attached hydrogen (secondary N) is 1. The largest absolute Gasteiger partial charge is 0.484 e. The Kier molecular flexibility index (Phi) is 5.29. The van der Waals surface area contributed by atoms with Crippen LogP contribution in [0.3, 0.4) is 0 Å². The molecule has 6 heteroatoms. The van der Waals surface area contributed by atoms with E-state index in [0.29, 0.717) is 18.8 Å². The lowest BCUT2D eigenvalue weighted by atomic mass is 10.2. The van der Waals surface area contributed by atoms with E-state index in [1.165, 1.54) is 0 Å². The van der Waals surface area contributed by atoms with Crippen molar-refractivity contribution in [3.63, 3.8) is 0 Å². The van der Waals surface area contributed by atoms with E-state index >= 15 is 0 Å². The highest BCUT2D eigenvalue weighted by atomic mass is 16.5. The zero-order valence-corrected chi connectivity index (χ0v) is 15.3. The molecule has 0 aliphatic carbocycles. The first-order chi connectivity index (χ1) is 13.8. The molecular weight excluding hydrogens is 352 g/mol. The summed E-state index contributed by atoms with van der Waals surface area (Å²) in [5.74, 6) is 1.22. The molecule has 0 fully saturated rings. The van der Waals surface area contributed by atoms with Crippen LogP contribution in [0.15, 0.2) is 79.0 Å². The number of imidazole rings is 1. The van der Waals surface area contributed by atoms with Crippen LogP contribution in [-0.2, 0) is 17.9 Å². The summed E-state index contributed by atoms with van der Waals surface area (Å²) >= 11 is 0. The Morgan fingerprint density at radius 1 is 0.964 bits per heavy atom. The highest BCUT2D eigenvalue weighted by Crippen LogP contribution is 2.16. The predicted molar refractivity (Wildman–Crippen MR) is 107 cm³/mol. The van der Waals surface area contributed by atoms with E-state index in [-0.39, 0.29) is 12.5 Å². The van der Waals surface area contributed by atoms with Gasteiger partial charge in [-0.1, -0.05) is 48.5 Å². The van der Waals surface area contributed by atoms with Gasteiger partial charge >= 0.3 is 0 Å². The second-order valence-electron chi connectivity index (χ2n) is 6.32. The minimum atomic E-state index is -0.199. The van der Waals surface area contributed by atoms with Crippen LogP contribution in [0.4, 0.5) is 0 Å². The van der Waals surface area contributed by atoms with Gasteiger partial charge < -0.3 is 14.6 Å². The Bertz CT molecular complexity index is 1060. The number of amides is 1. The van der Waals surface area contributed by atoms with E-state index in [4.69, 9.17) is 4.74 Å². The molecule has 0 saturated heterocycles. The number of para-hydroxylation sites is 1. The van der Waals surface area contributed by atoms with Gasteiger partial charge in [0.1, 0.15) is 17.1 Å². The number of ether oxygens (including phenoxy) is 1. The lowest BCUT2D eigenvalue weighted by Crippen LogP contribution is -2.29. The molecule has 0 aliphatic heterocycles. The number of fused-ring (bicyclic) bond motifs is 1. The molecule has 0 bridgehead atoms. The van der Waals surface area contributed by atoms with Crippen LogP contribution in [0.2, 0.25) is 0 Å². The van der Waals surface area contributed by atoms with Gasteiger partial charge in [-0.15, -0.1) is 0 Å². The first-order valence-corrected chi connectivity index (χ1v) is 9.08. The molecule has 28 heavy (non-hydrogen) atoms. The summed E-state index contributed by atoms with van der Waals surface area (Å²) < 4.78 is 7.52. The van der Waals surface area contributed by atoms with E-state index in [1.807, 2.05) is 65.2 Å². The van der Waals surface area contributed by atoms with Gasteiger partial charge in [0.25, 0.3) is 5.91 Å². The van der Waals surface area contributed by atoms with E-state index in [9.17, 15) is 4.79 Å². The summed E-state index contributed by atoms with van der Waals surface area (Å²) in [4.78, 5) is 21.3. The first kappa shape index (κ1) is 17.7. The van der Waals surface area contributed by atoms with Crippen LogP contribution in [0.1, 0.15) is 11.4 Å². The molecule has 140 valence electrons. The molecule has 4 aromatic rings. The lowest BCUT2D eigenvalue weighted by Gasteiger charge is -2.10. The molecule has 0 atom stereocenters. The lowest BCUT2D eigenvalue weighted by molar-refractivity contribution is -0.123. The SMILES string of the molecule is O=C(COc1ccccc1)NCc1nc2cccnc2n1Cc1ccccc1. The summed E-state index contributed by atoms with van der Waals surface area (Å²) in [5.41, 5.74) is 2.76. The van der Waals surface area contributed by atoms with Crippen molar-refractivity contribution in [3.8, 4) is 5.75 Å². The number of hydrogen-bond donors (Lipinski definition) is 1. The molecule has 0 aliphatic rings. The van der Waals surface area contributed by atoms with Crippen molar-refractivity contribution in [2.24, 2.45) is 0 Å². The fourth-order valence-corrected chi connectivity index (χ4v) is 2.97. The third kappa shape index (κ3) is 4.17. The number of carbonyl (C=O) groups excluding carboxylic acids is 1. The third-order valence-corrected chi connectivity index (χ3v) is 4.32. The second kappa shape index (κ2) is 8.35. The van der Waals surface area contributed by atoms with Crippen molar-refractivity contribution in [1.29, 1.82) is 0 Å². The second-order valence-corrected chi connectivity index (χ2v) is 6.32. The number of benzene rings is 2. The molecule has 6 nitrogen and oxygen atoms in total. The molecule has 2 aromatic carbocycles. The average molecular weight is 372 g/mol. The summed E-state index contributed by atoms with van der Waals surface area (Å²) in [6.07, 6.45) is 1.75. The van der Waals surface area contributed by atoms with Gasteiger partial charge in [-0.3, -0.25) is 4.79 Å². The maximum atomic E-state index is 12.2. The van der Waals surface area contributed by atoms with Crippen LogP contribution in [0, 0.1) is 0 Å². The molecule has 1 N–H and O–H groups in total. The topological polar surface area (TPSA) is 69.0 Å². The van der Waals surface area contributed by atoms with Crippen molar-refractivity contribution in [2.45, 2.75) is 13.1 Å².